The van der Waals surface area contributed by atoms with Crippen LogP contribution in [-0.4, -0.2) is 36.0 Å². The predicted octanol–water partition coefficient (Wildman–Crippen LogP) is 1.22. The Labute approximate surface area is 117 Å². The lowest BCUT2D eigenvalue weighted by atomic mass is 9.92. The van der Waals surface area contributed by atoms with E-state index in [-0.39, 0.29) is 13.0 Å². The molecule has 0 amide bonds. The van der Waals surface area contributed by atoms with Gasteiger partial charge in [-0.15, -0.1) is 0 Å². The van der Waals surface area contributed by atoms with Crippen LogP contribution < -0.4 is 10.5 Å². The normalized spacial score (nSPS) is 21.3. The van der Waals surface area contributed by atoms with Crippen molar-refractivity contribution in [3.05, 3.63) is 28.8 Å². The summed E-state index contributed by atoms with van der Waals surface area (Å²) in [7, 11) is 1.57. The summed E-state index contributed by atoms with van der Waals surface area (Å²) in [5.74, 6) is -0.432. The standard InChI is InChI=1S/C14H18N2O4/c1-8-4-9(2)12(19-3)10(5-8)11-6-14(7-15,13(17)18)20-16-11/h4-5H,6-7,15H2,1-3H3,(H,17,18). The third-order valence-electron chi connectivity index (χ3n) is 3.44. The van der Waals surface area contributed by atoms with Gasteiger partial charge < -0.3 is 20.4 Å². The van der Waals surface area contributed by atoms with Crippen LogP contribution in [0.1, 0.15) is 23.1 Å². The van der Waals surface area contributed by atoms with Crippen LogP contribution in [-0.2, 0) is 9.63 Å². The molecule has 0 radical (unpaired) electrons. The lowest BCUT2D eigenvalue weighted by molar-refractivity contribution is -0.161. The monoisotopic (exact) mass is 278 g/mol. The summed E-state index contributed by atoms with van der Waals surface area (Å²) in [6, 6.07) is 3.90. The molecule has 0 saturated carbocycles. The van der Waals surface area contributed by atoms with Crippen LogP contribution in [0.15, 0.2) is 17.3 Å². The van der Waals surface area contributed by atoms with Gasteiger partial charge in [-0.05, 0) is 31.0 Å². The zero-order chi connectivity index (χ0) is 14.9. The van der Waals surface area contributed by atoms with Crippen LogP contribution in [0.3, 0.4) is 0 Å². The van der Waals surface area contributed by atoms with Crippen LogP contribution in [0.4, 0.5) is 0 Å². The van der Waals surface area contributed by atoms with E-state index in [4.69, 9.17) is 15.3 Å². The van der Waals surface area contributed by atoms with E-state index < -0.39 is 11.6 Å². The Morgan fingerprint density at radius 2 is 2.25 bits per heavy atom. The van der Waals surface area contributed by atoms with Crippen molar-refractivity contribution in [2.75, 3.05) is 13.7 Å². The van der Waals surface area contributed by atoms with E-state index in [0.717, 1.165) is 16.7 Å². The molecule has 0 aromatic heterocycles. The molecule has 1 aromatic carbocycles. The van der Waals surface area contributed by atoms with E-state index in [1.807, 2.05) is 26.0 Å². The number of benzene rings is 1. The fourth-order valence-corrected chi connectivity index (χ4v) is 2.37. The number of carboxylic acid groups (broad SMARTS) is 1. The maximum atomic E-state index is 11.3. The molecule has 0 spiro atoms. The first kappa shape index (κ1) is 14.3. The van der Waals surface area contributed by atoms with Crippen molar-refractivity contribution in [3.63, 3.8) is 0 Å². The molecule has 108 valence electrons. The minimum Gasteiger partial charge on any atom is -0.496 e. The van der Waals surface area contributed by atoms with Crippen LogP contribution in [0.25, 0.3) is 0 Å². The Kier molecular flexibility index (Phi) is 3.67. The Hall–Kier alpha value is -2.08. The molecule has 6 heteroatoms. The number of nitrogens with zero attached hydrogens (tertiary/aromatic N) is 1. The number of hydrogen-bond acceptors (Lipinski definition) is 5. The van der Waals surface area contributed by atoms with Crippen molar-refractivity contribution in [3.8, 4) is 5.75 Å². The number of methoxy groups -OCH3 is 1. The average Bonchev–Trinajstić information content (AvgIpc) is 2.83. The third-order valence-corrected chi connectivity index (χ3v) is 3.44. The highest BCUT2D eigenvalue weighted by Crippen LogP contribution is 2.32. The summed E-state index contributed by atoms with van der Waals surface area (Å²) in [5.41, 5.74) is 7.36. The third kappa shape index (κ3) is 2.22. The van der Waals surface area contributed by atoms with Crippen LogP contribution in [0.2, 0.25) is 0 Å². The highest BCUT2D eigenvalue weighted by Gasteiger charge is 2.46. The van der Waals surface area contributed by atoms with Gasteiger partial charge in [-0.1, -0.05) is 11.2 Å². The van der Waals surface area contributed by atoms with E-state index in [1.54, 1.807) is 7.11 Å². The van der Waals surface area contributed by atoms with Crippen molar-refractivity contribution in [2.24, 2.45) is 10.9 Å². The highest BCUT2D eigenvalue weighted by atomic mass is 16.7. The highest BCUT2D eigenvalue weighted by molar-refractivity contribution is 6.06. The Morgan fingerprint density at radius 1 is 1.55 bits per heavy atom. The van der Waals surface area contributed by atoms with Gasteiger partial charge >= 0.3 is 5.97 Å². The quantitative estimate of drug-likeness (QED) is 0.863. The summed E-state index contributed by atoms with van der Waals surface area (Å²) >= 11 is 0. The topological polar surface area (TPSA) is 94.1 Å². The lowest BCUT2D eigenvalue weighted by Gasteiger charge is -2.19. The Balaban J connectivity index is 2.42. The first-order valence-corrected chi connectivity index (χ1v) is 6.27. The average molecular weight is 278 g/mol. The molecule has 3 N–H and O–H groups in total. The molecule has 20 heavy (non-hydrogen) atoms. The molecule has 0 saturated heterocycles. The number of carbonyl (C=O) groups is 1. The zero-order valence-corrected chi connectivity index (χ0v) is 11.8. The molecule has 1 atom stereocenters. The van der Waals surface area contributed by atoms with E-state index in [9.17, 15) is 9.90 Å². The Bertz CT molecular complexity index is 583. The van der Waals surface area contributed by atoms with Gasteiger partial charge in [-0.3, -0.25) is 0 Å². The molecule has 2 rings (SSSR count). The minimum atomic E-state index is -1.47. The van der Waals surface area contributed by atoms with Crippen LogP contribution in [0.5, 0.6) is 5.75 Å². The fraction of sp³-hybridized carbons (Fsp3) is 0.429. The SMILES string of the molecule is COc1c(C)cc(C)cc1C1=NOC(CN)(C(=O)O)C1. The number of oxime groups is 1. The molecule has 1 aromatic rings. The summed E-state index contributed by atoms with van der Waals surface area (Å²) in [6.07, 6.45) is 0.123. The molecule has 1 unspecified atom stereocenters. The molecule has 1 aliphatic heterocycles. The number of aliphatic carboxylic acids is 1. The first-order chi connectivity index (χ1) is 9.43. The van der Waals surface area contributed by atoms with E-state index in [2.05, 4.69) is 5.16 Å². The van der Waals surface area contributed by atoms with Gasteiger partial charge in [0.2, 0.25) is 0 Å². The van der Waals surface area contributed by atoms with Gasteiger partial charge in [-0.2, -0.15) is 0 Å². The Morgan fingerprint density at radius 3 is 2.75 bits per heavy atom. The zero-order valence-electron chi connectivity index (χ0n) is 11.8. The van der Waals surface area contributed by atoms with Crippen molar-refractivity contribution in [1.82, 2.24) is 0 Å². The van der Waals surface area contributed by atoms with Gasteiger partial charge in [0.25, 0.3) is 5.60 Å². The summed E-state index contributed by atoms with van der Waals surface area (Å²) < 4.78 is 5.39. The maximum absolute atomic E-state index is 11.3. The number of ether oxygens (including phenoxy) is 1. The van der Waals surface area contributed by atoms with E-state index in [1.165, 1.54) is 0 Å². The van der Waals surface area contributed by atoms with Crippen LogP contribution >= 0.6 is 0 Å². The molecule has 0 bridgehead atoms. The van der Waals surface area contributed by atoms with Crippen molar-refractivity contribution in [1.29, 1.82) is 0 Å². The molecule has 1 heterocycles. The van der Waals surface area contributed by atoms with Gasteiger partial charge in [0, 0.05) is 18.5 Å². The largest absolute Gasteiger partial charge is 0.496 e. The maximum Gasteiger partial charge on any atom is 0.352 e. The van der Waals surface area contributed by atoms with Gasteiger partial charge in [0.05, 0.1) is 12.8 Å². The second-order valence-corrected chi connectivity index (χ2v) is 4.97. The van der Waals surface area contributed by atoms with Crippen LogP contribution in [0, 0.1) is 13.8 Å². The smallest absolute Gasteiger partial charge is 0.352 e. The van der Waals surface area contributed by atoms with Gasteiger partial charge in [0.15, 0.2) is 0 Å². The number of rotatable bonds is 4. The second kappa shape index (κ2) is 5.13. The number of nitrogens with two attached hydrogens (primary N) is 1. The van der Waals surface area contributed by atoms with Crippen molar-refractivity contribution in [2.45, 2.75) is 25.9 Å². The molecule has 0 fully saturated rings. The van der Waals surface area contributed by atoms with Crippen molar-refractivity contribution < 1.29 is 19.5 Å². The van der Waals surface area contributed by atoms with E-state index >= 15 is 0 Å². The molecular weight excluding hydrogens is 260 g/mol. The number of aryl methyl sites for hydroxylation is 2. The van der Waals surface area contributed by atoms with Crippen molar-refractivity contribution >= 4 is 11.7 Å². The lowest BCUT2D eigenvalue weighted by Crippen LogP contribution is -2.46. The number of hydrogen-bond donors (Lipinski definition) is 2. The minimum absolute atomic E-state index is 0.123. The van der Waals surface area contributed by atoms with Gasteiger partial charge in [-0.25, -0.2) is 4.79 Å². The molecule has 1 aliphatic rings. The van der Waals surface area contributed by atoms with E-state index in [0.29, 0.717) is 11.5 Å². The molecule has 0 aliphatic carbocycles. The number of carboxylic acids is 1. The summed E-state index contributed by atoms with van der Waals surface area (Å²) in [4.78, 5) is 16.4. The van der Waals surface area contributed by atoms with Gasteiger partial charge in [0.1, 0.15) is 5.75 Å². The summed E-state index contributed by atoms with van der Waals surface area (Å²) in [6.45, 7) is 3.75. The summed E-state index contributed by atoms with van der Waals surface area (Å²) in [5, 5.41) is 13.2. The predicted molar refractivity (Wildman–Crippen MR) is 74.1 cm³/mol. The molecule has 6 nitrogen and oxygen atoms in total. The second-order valence-electron chi connectivity index (χ2n) is 4.97. The first-order valence-electron chi connectivity index (χ1n) is 6.27. The molecular formula is C14H18N2O4. The fourth-order valence-electron chi connectivity index (χ4n) is 2.37.